The van der Waals surface area contributed by atoms with Crippen LogP contribution in [-0.2, 0) is 6.42 Å². The van der Waals surface area contributed by atoms with Crippen LogP contribution in [0, 0.1) is 0 Å². The molecule has 4 nitrogen and oxygen atoms in total. The van der Waals surface area contributed by atoms with Crippen molar-refractivity contribution in [2.75, 3.05) is 5.73 Å². The Labute approximate surface area is 103 Å². The molecule has 0 saturated carbocycles. The molecule has 1 aromatic carbocycles. The molecule has 17 heavy (non-hydrogen) atoms. The lowest BCUT2D eigenvalue weighted by Gasteiger charge is -2.00. The number of nitrogens with two attached hydrogens (primary N) is 1. The molecular formula is C12H12N4S. The average molecular weight is 244 g/mol. The van der Waals surface area contributed by atoms with Gasteiger partial charge >= 0.3 is 0 Å². The van der Waals surface area contributed by atoms with Gasteiger partial charge in [-0.05, 0) is 12.0 Å². The number of hydrogen-bond donors (Lipinski definition) is 1. The Bertz CT molecular complexity index is 651. The van der Waals surface area contributed by atoms with E-state index in [2.05, 4.69) is 46.7 Å². The van der Waals surface area contributed by atoms with Gasteiger partial charge in [0.25, 0.3) is 0 Å². The molecule has 0 spiro atoms. The summed E-state index contributed by atoms with van der Waals surface area (Å²) in [6.45, 7) is 2.15. The first-order valence-electron chi connectivity index (χ1n) is 5.47. The van der Waals surface area contributed by atoms with Gasteiger partial charge in [-0.1, -0.05) is 31.2 Å². The monoisotopic (exact) mass is 244 g/mol. The van der Waals surface area contributed by atoms with E-state index in [9.17, 15) is 0 Å². The van der Waals surface area contributed by atoms with Crippen molar-refractivity contribution in [3.63, 3.8) is 0 Å². The number of thiazole rings is 1. The summed E-state index contributed by atoms with van der Waals surface area (Å²) in [6, 6.07) is 8.49. The Kier molecular flexibility index (Phi) is 2.33. The van der Waals surface area contributed by atoms with Crippen molar-refractivity contribution in [1.82, 2.24) is 14.6 Å². The van der Waals surface area contributed by atoms with Gasteiger partial charge < -0.3 is 5.73 Å². The van der Waals surface area contributed by atoms with Crippen LogP contribution in [0.5, 0.6) is 0 Å². The van der Waals surface area contributed by atoms with Crippen LogP contribution in [0.25, 0.3) is 16.2 Å². The van der Waals surface area contributed by atoms with Crippen molar-refractivity contribution in [2.24, 2.45) is 0 Å². The van der Waals surface area contributed by atoms with Crippen LogP contribution < -0.4 is 5.73 Å². The van der Waals surface area contributed by atoms with Crippen LogP contribution in [-0.4, -0.2) is 14.6 Å². The molecule has 0 aliphatic carbocycles. The number of benzene rings is 1. The van der Waals surface area contributed by atoms with Gasteiger partial charge in [0.15, 0.2) is 0 Å². The number of nitrogens with zero attached hydrogens (tertiary/aromatic N) is 3. The lowest BCUT2D eigenvalue weighted by Crippen LogP contribution is -1.91. The van der Waals surface area contributed by atoms with E-state index in [1.165, 1.54) is 5.56 Å². The van der Waals surface area contributed by atoms with Gasteiger partial charge in [0.2, 0.25) is 10.9 Å². The first-order chi connectivity index (χ1) is 8.28. The molecule has 0 aliphatic heterocycles. The first-order valence-corrected chi connectivity index (χ1v) is 6.35. The molecule has 0 bridgehead atoms. The number of aromatic nitrogens is 3. The van der Waals surface area contributed by atoms with Crippen molar-refractivity contribution < 1.29 is 0 Å². The first kappa shape index (κ1) is 10.3. The predicted molar refractivity (Wildman–Crippen MR) is 70.1 cm³/mol. The number of nitrogen functional groups attached to an aromatic ring is 1. The Balaban J connectivity index is 2.12. The van der Waals surface area contributed by atoms with E-state index in [1.807, 2.05) is 0 Å². The summed E-state index contributed by atoms with van der Waals surface area (Å²) in [5, 5.41) is 6.24. The summed E-state index contributed by atoms with van der Waals surface area (Å²) in [5.74, 6) is 0.322. The number of anilines is 1. The van der Waals surface area contributed by atoms with Gasteiger partial charge in [0.1, 0.15) is 0 Å². The Morgan fingerprint density at radius 1 is 1.29 bits per heavy atom. The van der Waals surface area contributed by atoms with Crippen LogP contribution in [0.3, 0.4) is 0 Å². The van der Waals surface area contributed by atoms with Crippen LogP contribution in [0.1, 0.15) is 12.5 Å². The molecule has 3 rings (SSSR count). The molecule has 86 valence electrons. The van der Waals surface area contributed by atoms with Crippen molar-refractivity contribution in [2.45, 2.75) is 13.3 Å². The molecule has 0 aliphatic rings. The van der Waals surface area contributed by atoms with Crippen LogP contribution in [0.2, 0.25) is 0 Å². The van der Waals surface area contributed by atoms with E-state index in [0.717, 1.165) is 22.6 Å². The predicted octanol–water partition coefficient (Wildman–Crippen LogP) is 2.60. The molecule has 5 heteroatoms. The third-order valence-electron chi connectivity index (χ3n) is 2.76. The van der Waals surface area contributed by atoms with E-state index in [1.54, 1.807) is 15.9 Å². The zero-order valence-electron chi connectivity index (χ0n) is 9.42. The van der Waals surface area contributed by atoms with Gasteiger partial charge in [-0.2, -0.15) is 4.98 Å². The third-order valence-corrected chi connectivity index (χ3v) is 3.57. The summed E-state index contributed by atoms with van der Waals surface area (Å²) in [7, 11) is 0. The van der Waals surface area contributed by atoms with E-state index in [4.69, 9.17) is 5.73 Å². The van der Waals surface area contributed by atoms with Gasteiger partial charge in [0.05, 0.1) is 5.69 Å². The zero-order chi connectivity index (χ0) is 11.8. The van der Waals surface area contributed by atoms with E-state index >= 15 is 0 Å². The molecule has 2 N–H and O–H groups in total. The van der Waals surface area contributed by atoms with Gasteiger partial charge in [-0.25, -0.2) is 4.52 Å². The number of rotatable bonds is 2. The maximum Gasteiger partial charge on any atom is 0.241 e. The molecule has 0 unspecified atom stereocenters. The molecule has 0 saturated heterocycles. The molecule has 0 fully saturated rings. The standard InChI is InChI=1S/C12H12N4S/c1-2-8-3-5-9(6-4-8)10-7-17-12-14-11(13)15-16(10)12/h3-7H,2H2,1H3,(H2,13,15). The smallest absolute Gasteiger partial charge is 0.241 e. The molecular weight excluding hydrogens is 232 g/mol. The highest BCUT2D eigenvalue weighted by atomic mass is 32.1. The van der Waals surface area contributed by atoms with E-state index in [-0.39, 0.29) is 0 Å². The molecule has 0 amide bonds. The average Bonchev–Trinajstić information content (AvgIpc) is 2.88. The summed E-state index contributed by atoms with van der Waals surface area (Å²) >= 11 is 1.55. The number of fused-ring (bicyclic) bond motifs is 1. The highest BCUT2D eigenvalue weighted by molar-refractivity contribution is 7.15. The molecule has 0 radical (unpaired) electrons. The van der Waals surface area contributed by atoms with Crippen molar-refractivity contribution in [1.29, 1.82) is 0 Å². The second-order valence-electron chi connectivity index (χ2n) is 3.84. The van der Waals surface area contributed by atoms with E-state index < -0.39 is 0 Å². The van der Waals surface area contributed by atoms with Gasteiger partial charge in [0, 0.05) is 10.9 Å². The highest BCUT2D eigenvalue weighted by Crippen LogP contribution is 2.25. The molecule has 0 atom stereocenters. The maximum atomic E-state index is 5.59. The fraction of sp³-hybridized carbons (Fsp3) is 0.167. The minimum absolute atomic E-state index is 0.322. The normalized spacial score (nSPS) is 11.1. The summed E-state index contributed by atoms with van der Waals surface area (Å²) in [6.07, 6.45) is 1.05. The quantitative estimate of drug-likeness (QED) is 0.754. The second-order valence-corrected chi connectivity index (χ2v) is 4.67. The minimum Gasteiger partial charge on any atom is -0.366 e. The third kappa shape index (κ3) is 1.68. The van der Waals surface area contributed by atoms with Gasteiger partial charge in [-0.15, -0.1) is 16.4 Å². The van der Waals surface area contributed by atoms with Gasteiger partial charge in [-0.3, -0.25) is 0 Å². The van der Waals surface area contributed by atoms with Crippen molar-refractivity contribution in [3.05, 3.63) is 35.2 Å². The topological polar surface area (TPSA) is 56.2 Å². The summed E-state index contributed by atoms with van der Waals surface area (Å²) in [5.41, 5.74) is 9.10. The molecule has 3 aromatic rings. The Hall–Kier alpha value is -1.88. The highest BCUT2D eigenvalue weighted by Gasteiger charge is 2.09. The largest absolute Gasteiger partial charge is 0.366 e. The SMILES string of the molecule is CCc1ccc(-c2csc3nc(N)nn23)cc1. The second kappa shape index (κ2) is 3.85. The zero-order valence-corrected chi connectivity index (χ0v) is 10.2. The van der Waals surface area contributed by atoms with Crippen LogP contribution in [0.4, 0.5) is 5.95 Å². The lowest BCUT2D eigenvalue weighted by atomic mass is 10.1. The fourth-order valence-electron chi connectivity index (χ4n) is 1.81. The molecule has 2 aromatic heterocycles. The van der Waals surface area contributed by atoms with Crippen LogP contribution >= 0.6 is 11.3 Å². The Morgan fingerprint density at radius 2 is 2.06 bits per heavy atom. The van der Waals surface area contributed by atoms with Crippen molar-refractivity contribution >= 4 is 22.2 Å². The molecule has 2 heterocycles. The van der Waals surface area contributed by atoms with Crippen LogP contribution in [0.15, 0.2) is 29.6 Å². The summed E-state index contributed by atoms with van der Waals surface area (Å²) < 4.78 is 1.79. The minimum atomic E-state index is 0.322. The summed E-state index contributed by atoms with van der Waals surface area (Å²) in [4.78, 5) is 4.97. The Morgan fingerprint density at radius 3 is 2.76 bits per heavy atom. The number of hydrogen-bond acceptors (Lipinski definition) is 4. The van der Waals surface area contributed by atoms with E-state index in [0.29, 0.717) is 5.95 Å². The fourth-order valence-corrected chi connectivity index (χ4v) is 2.64. The number of aryl methyl sites for hydroxylation is 1. The maximum absolute atomic E-state index is 5.59. The van der Waals surface area contributed by atoms with Crippen molar-refractivity contribution in [3.8, 4) is 11.3 Å². The lowest BCUT2D eigenvalue weighted by molar-refractivity contribution is 0.992.